The molecule has 2 aliphatic rings. The van der Waals surface area contributed by atoms with Crippen molar-refractivity contribution in [3.8, 4) is 0 Å². The van der Waals surface area contributed by atoms with Crippen LogP contribution < -0.4 is 5.32 Å². The van der Waals surface area contributed by atoms with Crippen LogP contribution in [0, 0.1) is 11.8 Å². The second-order valence-corrected chi connectivity index (χ2v) is 5.75. The third-order valence-corrected chi connectivity index (χ3v) is 4.43. The predicted octanol–water partition coefficient (Wildman–Crippen LogP) is 2.02. The number of carbonyl (C=O) groups is 1. The van der Waals surface area contributed by atoms with Crippen LogP contribution in [0.2, 0.25) is 0 Å². The van der Waals surface area contributed by atoms with E-state index in [0.717, 1.165) is 44.3 Å². The first-order valence-electron chi connectivity index (χ1n) is 7.24. The summed E-state index contributed by atoms with van der Waals surface area (Å²) in [6.45, 7) is 7.41. The van der Waals surface area contributed by atoms with Crippen LogP contribution in [-0.2, 0) is 4.79 Å². The van der Waals surface area contributed by atoms with Crippen molar-refractivity contribution in [2.24, 2.45) is 11.8 Å². The first-order chi connectivity index (χ1) is 8.22. The number of hydrogen-bond donors (Lipinski definition) is 1. The van der Waals surface area contributed by atoms with E-state index in [0.29, 0.717) is 5.91 Å². The monoisotopic (exact) mass is 238 g/mol. The summed E-state index contributed by atoms with van der Waals surface area (Å²) in [5.41, 5.74) is 0. The zero-order valence-electron chi connectivity index (χ0n) is 11.2. The number of rotatable bonds is 5. The Morgan fingerprint density at radius 2 is 2.18 bits per heavy atom. The highest BCUT2D eigenvalue weighted by atomic mass is 16.2. The standard InChI is InChI=1S/C14H26N2O/c1-3-8-15-13-7-9-16(14(13)17)10-12-6-4-5-11(12)2/h11-13,15H,3-10H2,1-2H3. The Morgan fingerprint density at radius 1 is 1.35 bits per heavy atom. The fourth-order valence-corrected chi connectivity index (χ4v) is 3.20. The molecule has 2 fully saturated rings. The first kappa shape index (κ1) is 12.9. The van der Waals surface area contributed by atoms with Gasteiger partial charge in [-0.05, 0) is 37.6 Å². The summed E-state index contributed by atoms with van der Waals surface area (Å²) in [4.78, 5) is 14.3. The van der Waals surface area contributed by atoms with Crippen molar-refractivity contribution < 1.29 is 4.79 Å². The molecule has 1 N–H and O–H groups in total. The van der Waals surface area contributed by atoms with Crippen molar-refractivity contribution in [2.45, 2.75) is 52.0 Å². The second-order valence-electron chi connectivity index (χ2n) is 5.75. The van der Waals surface area contributed by atoms with Gasteiger partial charge in [-0.3, -0.25) is 4.79 Å². The van der Waals surface area contributed by atoms with Crippen LogP contribution in [0.5, 0.6) is 0 Å². The summed E-state index contributed by atoms with van der Waals surface area (Å²) in [6, 6.07) is 0.103. The Bertz CT molecular complexity index is 267. The Kier molecular flexibility index (Phi) is 4.43. The summed E-state index contributed by atoms with van der Waals surface area (Å²) >= 11 is 0. The molecule has 17 heavy (non-hydrogen) atoms. The Labute approximate surface area is 105 Å². The number of amides is 1. The van der Waals surface area contributed by atoms with Crippen LogP contribution in [-0.4, -0.2) is 36.5 Å². The third kappa shape index (κ3) is 3.01. The van der Waals surface area contributed by atoms with Gasteiger partial charge in [-0.25, -0.2) is 0 Å². The summed E-state index contributed by atoms with van der Waals surface area (Å²) in [5.74, 6) is 1.91. The van der Waals surface area contributed by atoms with E-state index in [9.17, 15) is 4.79 Å². The van der Waals surface area contributed by atoms with E-state index in [2.05, 4.69) is 24.1 Å². The highest BCUT2D eigenvalue weighted by Gasteiger charge is 2.34. The Hall–Kier alpha value is -0.570. The number of hydrogen-bond acceptors (Lipinski definition) is 2. The number of nitrogens with one attached hydrogen (secondary N) is 1. The second kappa shape index (κ2) is 5.85. The molecule has 1 amide bonds. The van der Waals surface area contributed by atoms with Crippen LogP contribution >= 0.6 is 0 Å². The van der Waals surface area contributed by atoms with Gasteiger partial charge in [-0.15, -0.1) is 0 Å². The van der Waals surface area contributed by atoms with Crippen LogP contribution in [0.25, 0.3) is 0 Å². The molecule has 0 radical (unpaired) electrons. The van der Waals surface area contributed by atoms with Crippen LogP contribution in [0.1, 0.15) is 46.0 Å². The molecular formula is C14H26N2O. The van der Waals surface area contributed by atoms with Gasteiger partial charge in [0.05, 0.1) is 6.04 Å². The largest absolute Gasteiger partial charge is 0.341 e. The molecule has 3 heteroatoms. The molecule has 1 aliphatic heterocycles. The lowest BCUT2D eigenvalue weighted by Gasteiger charge is -2.23. The highest BCUT2D eigenvalue weighted by molar-refractivity contribution is 5.83. The summed E-state index contributed by atoms with van der Waals surface area (Å²) in [7, 11) is 0. The van der Waals surface area contributed by atoms with Crippen molar-refractivity contribution in [1.82, 2.24) is 10.2 Å². The molecule has 3 unspecified atom stereocenters. The van der Waals surface area contributed by atoms with Crippen LogP contribution in [0.3, 0.4) is 0 Å². The smallest absolute Gasteiger partial charge is 0.239 e. The molecular weight excluding hydrogens is 212 g/mol. The molecule has 3 nitrogen and oxygen atoms in total. The maximum absolute atomic E-state index is 12.2. The van der Waals surface area contributed by atoms with Gasteiger partial charge in [-0.1, -0.05) is 26.7 Å². The average Bonchev–Trinajstić information content (AvgIpc) is 2.86. The minimum absolute atomic E-state index is 0.103. The van der Waals surface area contributed by atoms with Gasteiger partial charge >= 0.3 is 0 Å². The minimum Gasteiger partial charge on any atom is -0.341 e. The van der Waals surface area contributed by atoms with Gasteiger partial charge in [0.1, 0.15) is 0 Å². The first-order valence-corrected chi connectivity index (χ1v) is 7.24. The van der Waals surface area contributed by atoms with Gasteiger partial charge in [-0.2, -0.15) is 0 Å². The lowest BCUT2D eigenvalue weighted by atomic mass is 9.98. The quantitative estimate of drug-likeness (QED) is 0.795. The molecule has 1 saturated heterocycles. The highest BCUT2D eigenvalue weighted by Crippen LogP contribution is 2.32. The van der Waals surface area contributed by atoms with Crippen molar-refractivity contribution in [1.29, 1.82) is 0 Å². The summed E-state index contributed by atoms with van der Waals surface area (Å²) < 4.78 is 0. The fourth-order valence-electron chi connectivity index (χ4n) is 3.20. The van der Waals surface area contributed by atoms with E-state index in [1.165, 1.54) is 19.3 Å². The molecule has 98 valence electrons. The van der Waals surface area contributed by atoms with E-state index in [4.69, 9.17) is 0 Å². The molecule has 0 spiro atoms. The Morgan fingerprint density at radius 3 is 2.82 bits per heavy atom. The Balaban J connectivity index is 1.80. The van der Waals surface area contributed by atoms with Crippen LogP contribution in [0.15, 0.2) is 0 Å². The van der Waals surface area contributed by atoms with Gasteiger partial charge in [0.15, 0.2) is 0 Å². The molecule has 1 aliphatic carbocycles. The van der Waals surface area contributed by atoms with E-state index >= 15 is 0 Å². The third-order valence-electron chi connectivity index (χ3n) is 4.43. The molecule has 3 atom stereocenters. The normalized spacial score (nSPS) is 33.6. The molecule has 1 saturated carbocycles. The minimum atomic E-state index is 0.103. The number of carbonyl (C=O) groups excluding carboxylic acids is 1. The van der Waals surface area contributed by atoms with E-state index in [-0.39, 0.29) is 6.04 Å². The van der Waals surface area contributed by atoms with Gasteiger partial charge in [0.25, 0.3) is 0 Å². The van der Waals surface area contributed by atoms with E-state index < -0.39 is 0 Å². The van der Waals surface area contributed by atoms with Gasteiger partial charge in [0.2, 0.25) is 5.91 Å². The molecule has 0 aromatic rings. The van der Waals surface area contributed by atoms with Crippen molar-refractivity contribution in [3.05, 3.63) is 0 Å². The van der Waals surface area contributed by atoms with Crippen molar-refractivity contribution >= 4 is 5.91 Å². The maximum Gasteiger partial charge on any atom is 0.239 e. The molecule has 0 aromatic carbocycles. The number of likely N-dealkylation sites (tertiary alicyclic amines) is 1. The lowest BCUT2D eigenvalue weighted by Crippen LogP contribution is -2.40. The summed E-state index contributed by atoms with van der Waals surface area (Å²) in [5, 5.41) is 3.36. The molecule has 2 rings (SSSR count). The molecule has 1 heterocycles. The van der Waals surface area contributed by atoms with E-state index in [1.54, 1.807) is 0 Å². The number of nitrogens with zero attached hydrogens (tertiary/aromatic N) is 1. The van der Waals surface area contributed by atoms with Gasteiger partial charge < -0.3 is 10.2 Å². The zero-order chi connectivity index (χ0) is 12.3. The van der Waals surface area contributed by atoms with Crippen LogP contribution in [0.4, 0.5) is 0 Å². The SMILES string of the molecule is CCCNC1CCN(CC2CCCC2C)C1=O. The molecule has 0 bridgehead atoms. The lowest BCUT2D eigenvalue weighted by molar-refractivity contribution is -0.130. The predicted molar refractivity (Wildman–Crippen MR) is 69.8 cm³/mol. The fraction of sp³-hybridized carbons (Fsp3) is 0.929. The van der Waals surface area contributed by atoms with Crippen molar-refractivity contribution in [2.75, 3.05) is 19.6 Å². The van der Waals surface area contributed by atoms with E-state index in [1.807, 2.05) is 0 Å². The maximum atomic E-state index is 12.2. The van der Waals surface area contributed by atoms with Gasteiger partial charge in [0, 0.05) is 13.1 Å². The summed E-state index contributed by atoms with van der Waals surface area (Å²) in [6.07, 6.45) is 6.12. The topological polar surface area (TPSA) is 32.3 Å². The van der Waals surface area contributed by atoms with Crippen molar-refractivity contribution in [3.63, 3.8) is 0 Å². The average molecular weight is 238 g/mol. The zero-order valence-corrected chi connectivity index (χ0v) is 11.2. The molecule has 0 aromatic heterocycles.